The second kappa shape index (κ2) is 10.7. The Kier molecular flexibility index (Phi) is 7.12. The molecule has 5 atom stereocenters. The number of nitro benzene ring substituents is 2. The summed E-state index contributed by atoms with van der Waals surface area (Å²) in [5.41, 5.74) is 6.59. The number of aliphatic hydroxyl groups excluding tert-OH is 2. The number of para-hydroxylation sites is 2. The number of imidazole rings is 1. The summed E-state index contributed by atoms with van der Waals surface area (Å²) in [6, 6.07) is 12.0. The van der Waals surface area contributed by atoms with Crippen molar-refractivity contribution in [3.63, 3.8) is 0 Å². The molecule has 15 heteroatoms. The molecule has 5 rings (SSSR count). The van der Waals surface area contributed by atoms with Crippen LogP contribution >= 0.6 is 0 Å². The monoisotopic (exact) mass is 537 g/mol. The van der Waals surface area contributed by atoms with Gasteiger partial charge < -0.3 is 25.4 Å². The summed E-state index contributed by atoms with van der Waals surface area (Å²) in [7, 11) is 0. The van der Waals surface area contributed by atoms with E-state index in [4.69, 9.17) is 15.2 Å². The molecule has 202 valence electrons. The molecule has 4 N–H and O–H groups in total. The van der Waals surface area contributed by atoms with E-state index in [2.05, 4.69) is 15.0 Å². The molecule has 0 aliphatic carbocycles. The minimum Gasteiger partial charge on any atom is -0.387 e. The van der Waals surface area contributed by atoms with Crippen molar-refractivity contribution in [3.05, 3.63) is 92.5 Å². The maximum Gasteiger partial charge on any atom is 0.274 e. The van der Waals surface area contributed by atoms with Crippen molar-refractivity contribution in [1.82, 2.24) is 19.5 Å². The maximum atomic E-state index is 11.6. The van der Waals surface area contributed by atoms with E-state index in [1.54, 1.807) is 12.1 Å². The second-order valence-electron chi connectivity index (χ2n) is 8.88. The number of aromatic nitrogens is 4. The fraction of sp³-hybridized carbons (Fsp3) is 0.292. The van der Waals surface area contributed by atoms with Gasteiger partial charge >= 0.3 is 0 Å². The van der Waals surface area contributed by atoms with Gasteiger partial charge in [-0.3, -0.25) is 24.8 Å². The third-order valence-electron chi connectivity index (χ3n) is 6.55. The lowest BCUT2D eigenvalue weighted by Gasteiger charge is -2.26. The van der Waals surface area contributed by atoms with Gasteiger partial charge in [0.15, 0.2) is 17.7 Å². The Labute approximate surface area is 219 Å². The van der Waals surface area contributed by atoms with Crippen molar-refractivity contribution in [1.29, 1.82) is 0 Å². The normalized spacial score (nSPS) is 21.7. The largest absolute Gasteiger partial charge is 0.387 e. The molecule has 1 aliphatic rings. The Morgan fingerprint density at radius 2 is 1.62 bits per heavy atom. The number of rotatable bonds is 9. The lowest BCUT2D eigenvalue weighted by Crippen LogP contribution is -2.41. The summed E-state index contributed by atoms with van der Waals surface area (Å²) < 4.78 is 13.5. The van der Waals surface area contributed by atoms with Crippen molar-refractivity contribution in [2.24, 2.45) is 0 Å². The van der Waals surface area contributed by atoms with Crippen molar-refractivity contribution >= 4 is 28.4 Å². The molecule has 2 aromatic carbocycles. The number of fused-ring (bicyclic) bond motifs is 1. The number of aliphatic hydroxyl groups is 2. The molecule has 1 saturated heterocycles. The van der Waals surface area contributed by atoms with Crippen LogP contribution in [0.2, 0.25) is 0 Å². The van der Waals surface area contributed by atoms with Gasteiger partial charge in [-0.2, -0.15) is 0 Å². The average Bonchev–Trinajstić information content (AvgIpc) is 3.48. The van der Waals surface area contributed by atoms with Crippen LogP contribution in [0.3, 0.4) is 0 Å². The van der Waals surface area contributed by atoms with Gasteiger partial charge in [-0.1, -0.05) is 30.3 Å². The van der Waals surface area contributed by atoms with Crippen LogP contribution in [-0.4, -0.2) is 64.0 Å². The smallest absolute Gasteiger partial charge is 0.274 e. The first-order chi connectivity index (χ1) is 18.8. The minimum atomic E-state index is -1.50. The van der Waals surface area contributed by atoms with Crippen LogP contribution in [0.15, 0.2) is 61.2 Å². The SMILES string of the molecule is Nc1ncnc2c1ncn2[C@@H]1O[C@H](C(Cc2ccccc2[N+](=O)[O-])OCc2ccccc2[N+](=O)[O-])[C@@H](O)[C@H]1O. The summed E-state index contributed by atoms with van der Waals surface area (Å²) in [5.74, 6) is 0.116. The number of nitrogen functional groups attached to an aromatic ring is 1. The summed E-state index contributed by atoms with van der Waals surface area (Å²) in [4.78, 5) is 34.2. The van der Waals surface area contributed by atoms with Crippen LogP contribution < -0.4 is 5.73 Å². The van der Waals surface area contributed by atoms with Crippen molar-refractivity contribution in [2.75, 3.05) is 5.73 Å². The van der Waals surface area contributed by atoms with Crippen LogP contribution in [0.4, 0.5) is 17.2 Å². The van der Waals surface area contributed by atoms with Gasteiger partial charge in [-0.15, -0.1) is 0 Å². The van der Waals surface area contributed by atoms with Gasteiger partial charge in [-0.25, -0.2) is 15.0 Å². The first kappa shape index (κ1) is 26.1. The standard InChI is InChI=1S/C24H23N7O8/c25-22-18-23(27-11-26-22)29(12-28-18)24-20(33)19(32)21(39-24)17(9-13-5-1-3-7-15(13)30(34)35)38-10-14-6-2-4-8-16(14)31(36)37/h1-8,11-12,17,19-21,24,32-33H,9-10H2,(H2,25,26,27)/t17?,19-,20+,21+,24+/m0/s1. The number of anilines is 1. The number of nitrogens with zero attached hydrogens (tertiary/aromatic N) is 6. The fourth-order valence-corrected chi connectivity index (χ4v) is 4.63. The predicted octanol–water partition coefficient (Wildman–Crippen LogP) is 1.67. The lowest BCUT2D eigenvalue weighted by atomic mass is 9.98. The molecular formula is C24H23N7O8. The van der Waals surface area contributed by atoms with Gasteiger partial charge in [-0.05, 0) is 6.07 Å². The van der Waals surface area contributed by atoms with Gasteiger partial charge in [0.25, 0.3) is 11.4 Å². The molecule has 2 aromatic heterocycles. The lowest BCUT2D eigenvalue weighted by molar-refractivity contribution is -0.386. The molecule has 15 nitrogen and oxygen atoms in total. The first-order valence-corrected chi connectivity index (χ1v) is 11.8. The Bertz CT molecular complexity index is 1530. The number of nitrogens with two attached hydrogens (primary N) is 1. The predicted molar refractivity (Wildman–Crippen MR) is 134 cm³/mol. The van der Waals surface area contributed by atoms with Crippen molar-refractivity contribution in [2.45, 2.75) is 43.7 Å². The highest BCUT2D eigenvalue weighted by Crippen LogP contribution is 2.36. The fourth-order valence-electron chi connectivity index (χ4n) is 4.63. The Balaban J connectivity index is 1.48. The molecular weight excluding hydrogens is 514 g/mol. The molecule has 0 saturated carbocycles. The molecule has 4 aromatic rings. The molecule has 0 spiro atoms. The molecule has 0 bridgehead atoms. The Hall–Kier alpha value is -4.57. The van der Waals surface area contributed by atoms with Gasteiger partial charge in [0.1, 0.15) is 30.2 Å². The minimum absolute atomic E-state index is 0.0985. The van der Waals surface area contributed by atoms with Crippen LogP contribution in [0.25, 0.3) is 11.2 Å². The molecule has 1 aliphatic heterocycles. The Morgan fingerprint density at radius 3 is 2.31 bits per heavy atom. The van der Waals surface area contributed by atoms with Crippen LogP contribution in [0.5, 0.6) is 0 Å². The highest BCUT2D eigenvalue weighted by atomic mass is 16.6. The van der Waals surface area contributed by atoms with E-state index in [-0.39, 0.29) is 52.5 Å². The molecule has 1 fully saturated rings. The molecule has 39 heavy (non-hydrogen) atoms. The first-order valence-electron chi connectivity index (χ1n) is 11.8. The second-order valence-corrected chi connectivity index (χ2v) is 8.88. The van der Waals surface area contributed by atoms with E-state index in [1.807, 2.05) is 0 Å². The third kappa shape index (κ3) is 4.98. The van der Waals surface area contributed by atoms with Crippen LogP contribution in [0.1, 0.15) is 17.4 Å². The number of hydrogen-bond donors (Lipinski definition) is 3. The number of nitro groups is 2. The third-order valence-corrected chi connectivity index (χ3v) is 6.55. The summed E-state index contributed by atoms with van der Waals surface area (Å²) in [6.45, 7) is -0.256. The zero-order chi connectivity index (χ0) is 27.7. The van der Waals surface area contributed by atoms with Crippen LogP contribution in [-0.2, 0) is 22.5 Å². The van der Waals surface area contributed by atoms with E-state index < -0.39 is 40.5 Å². The Morgan fingerprint density at radius 1 is 0.974 bits per heavy atom. The van der Waals surface area contributed by atoms with E-state index in [0.29, 0.717) is 0 Å². The van der Waals surface area contributed by atoms with E-state index >= 15 is 0 Å². The summed E-state index contributed by atoms with van der Waals surface area (Å²) in [5, 5.41) is 45.1. The molecule has 1 unspecified atom stereocenters. The quantitative estimate of drug-likeness (QED) is 0.205. The zero-order valence-electron chi connectivity index (χ0n) is 20.2. The van der Waals surface area contributed by atoms with Crippen LogP contribution in [0, 0.1) is 20.2 Å². The molecule has 0 radical (unpaired) electrons. The van der Waals surface area contributed by atoms with Crippen molar-refractivity contribution < 1.29 is 29.5 Å². The maximum absolute atomic E-state index is 11.6. The van der Waals surface area contributed by atoms with Crippen molar-refractivity contribution in [3.8, 4) is 0 Å². The highest BCUT2D eigenvalue weighted by Gasteiger charge is 2.48. The average molecular weight is 537 g/mol. The van der Waals surface area contributed by atoms with Gasteiger partial charge in [0, 0.05) is 24.1 Å². The number of hydrogen-bond acceptors (Lipinski definition) is 12. The zero-order valence-corrected chi connectivity index (χ0v) is 20.2. The van der Waals surface area contributed by atoms with E-state index in [0.717, 1.165) is 0 Å². The number of benzene rings is 2. The molecule has 0 amide bonds. The molecule has 3 heterocycles. The van der Waals surface area contributed by atoms with E-state index in [9.17, 15) is 30.4 Å². The summed E-state index contributed by atoms with van der Waals surface area (Å²) in [6.07, 6.45) is -3.91. The van der Waals surface area contributed by atoms with E-state index in [1.165, 1.54) is 53.6 Å². The number of ether oxygens (including phenoxy) is 2. The summed E-state index contributed by atoms with van der Waals surface area (Å²) >= 11 is 0. The highest BCUT2D eigenvalue weighted by molar-refractivity contribution is 5.81. The van der Waals surface area contributed by atoms with Gasteiger partial charge in [0.05, 0.1) is 34.4 Å². The van der Waals surface area contributed by atoms with Gasteiger partial charge in [0.2, 0.25) is 0 Å². The topological polar surface area (TPSA) is 215 Å².